The van der Waals surface area contributed by atoms with Gasteiger partial charge in [0.25, 0.3) is 0 Å². The summed E-state index contributed by atoms with van der Waals surface area (Å²) in [6, 6.07) is 8.17. The lowest BCUT2D eigenvalue weighted by molar-refractivity contribution is 0.672. The molecule has 2 N–H and O–H groups in total. The second kappa shape index (κ2) is 7.04. The molecule has 1 heterocycles. The Morgan fingerprint density at radius 3 is 2.55 bits per heavy atom. The van der Waals surface area contributed by atoms with Gasteiger partial charge in [-0.15, -0.1) is 0 Å². The first-order valence-electron chi connectivity index (χ1n) is 6.21. The molecule has 1 aromatic carbocycles. The number of hydrogen-bond donors (Lipinski definition) is 2. The third kappa shape index (κ3) is 4.06. The number of aryl methyl sites for hydroxylation is 1. The van der Waals surface area contributed by atoms with Gasteiger partial charge in [-0.05, 0) is 17.7 Å². The van der Waals surface area contributed by atoms with Crippen LogP contribution in [0, 0.1) is 0 Å². The van der Waals surface area contributed by atoms with Crippen LogP contribution in [0.1, 0.15) is 11.4 Å². The van der Waals surface area contributed by atoms with Crippen molar-refractivity contribution in [3.8, 4) is 0 Å². The van der Waals surface area contributed by atoms with E-state index in [4.69, 9.17) is 0 Å². The van der Waals surface area contributed by atoms with E-state index in [9.17, 15) is 0 Å². The van der Waals surface area contributed by atoms with Gasteiger partial charge >= 0.3 is 0 Å². The maximum Gasteiger partial charge on any atom is 0.191 e. The van der Waals surface area contributed by atoms with Crippen LogP contribution in [-0.2, 0) is 20.1 Å². The average molecular weight is 337 g/mol. The van der Waals surface area contributed by atoms with Crippen molar-refractivity contribution in [2.75, 3.05) is 7.05 Å². The normalized spacial score (nSPS) is 11.4. The summed E-state index contributed by atoms with van der Waals surface area (Å²) in [5, 5.41) is 10.5. The minimum Gasteiger partial charge on any atom is -0.352 e. The van der Waals surface area contributed by atoms with Gasteiger partial charge in [0.15, 0.2) is 5.96 Å². The van der Waals surface area contributed by atoms with Gasteiger partial charge in [-0.25, -0.2) is 4.98 Å². The molecule has 2 rings (SSSR count). The van der Waals surface area contributed by atoms with Crippen LogP contribution in [0.4, 0.5) is 0 Å². The SMILES string of the molecule is CN=C(NCc1ccc(Br)cc1)NCc1ncnn1C. The number of aliphatic imine (C=N–C) groups is 1. The predicted molar refractivity (Wildman–Crippen MR) is 82.2 cm³/mol. The summed E-state index contributed by atoms with van der Waals surface area (Å²) in [5.41, 5.74) is 1.19. The van der Waals surface area contributed by atoms with Crippen molar-refractivity contribution < 1.29 is 0 Å². The molecule has 0 amide bonds. The summed E-state index contributed by atoms with van der Waals surface area (Å²) in [5.74, 6) is 1.59. The Hall–Kier alpha value is -1.89. The Balaban J connectivity index is 1.84. The molecule has 2 aromatic rings. The van der Waals surface area contributed by atoms with E-state index in [0.29, 0.717) is 13.1 Å². The molecule has 106 valence electrons. The zero-order chi connectivity index (χ0) is 14.4. The highest BCUT2D eigenvalue weighted by Gasteiger charge is 2.02. The van der Waals surface area contributed by atoms with Crippen LogP contribution < -0.4 is 10.6 Å². The fourth-order valence-electron chi connectivity index (χ4n) is 1.65. The zero-order valence-corrected chi connectivity index (χ0v) is 13.1. The molecule has 7 heteroatoms. The largest absolute Gasteiger partial charge is 0.352 e. The Morgan fingerprint density at radius 2 is 1.95 bits per heavy atom. The van der Waals surface area contributed by atoms with Crippen molar-refractivity contribution in [2.24, 2.45) is 12.0 Å². The molecule has 0 fully saturated rings. The van der Waals surface area contributed by atoms with E-state index in [2.05, 4.69) is 53.8 Å². The summed E-state index contributed by atoms with van der Waals surface area (Å²) < 4.78 is 2.81. The quantitative estimate of drug-likeness (QED) is 0.655. The monoisotopic (exact) mass is 336 g/mol. The van der Waals surface area contributed by atoms with Gasteiger partial charge in [-0.1, -0.05) is 28.1 Å². The lowest BCUT2D eigenvalue weighted by atomic mass is 10.2. The molecule has 20 heavy (non-hydrogen) atoms. The van der Waals surface area contributed by atoms with Crippen molar-refractivity contribution in [2.45, 2.75) is 13.1 Å². The maximum absolute atomic E-state index is 4.18. The Kier molecular flexibility index (Phi) is 5.11. The summed E-state index contributed by atoms with van der Waals surface area (Å²) in [7, 11) is 3.61. The van der Waals surface area contributed by atoms with Crippen molar-refractivity contribution in [1.29, 1.82) is 0 Å². The first-order valence-corrected chi connectivity index (χ1v) is 7.00. The van der Waals surface area contributed by atoms with Crippen LogP contribution in [-0.4, -0.2) is 27.8 Å². The highest BCUT2D eigenvalue weighted by molar-refractivity contribution is 9.10. The van der Waals surface area contributed by atoms with E-state index < -0.39 is 0 Å². The number of aromatic nitrogens is 3. The summed E-state index contributed by atoms with van der Waals surface area (Å²) in [6.07, 6.45) is 1.54. The molecule has 0 aliphatic rings. The van der Waals surface area contributed by atoms with E-state index >= 15 is 0 Å². The van der Waals surface area contributed by atoms with E-state index in [-0.39, 0.29) is 0 Å². The van der Waals surface area contributed by atoms with Crippen molar-refractivity contribution in [3.63, 3.8) is 0 Å². The van der Waals surface area contributed by atoms with Gasteiger partial charge in [-0.2, -0.15) is 5.10 Å². The smallest absolute Gasteiger partial charge is 0.191 e. The highest BCUT2D eigenvalue weighted by Crippen LogP contribution is 2.10. The number of nitrogens with one attached hydrogen (secondary N) is 2. The zero-order valence-electron chi connectivity index (χ0n) is 11.5. The Bertz CT molecular complexity index is 575. The van der Waals surface area contributed by atoms with Crippen LogP contribution in [0.15, 0.2) is 40.1 Å². The van der Waals surface area contributed by atoms with Crippen LogP contribution in [0.25, 0.3) is 0 Å². The van der Waals surface area contributed by atoms with Gasteiger partial charge in [0.1, 0.15) is 12.2 Å². The molecule has 0 saturated carbocycles. The third-order valence-corrected chi connectivity index (χ3v) is 3.34. The van der Waals surface area contributed by atoms with Crippen LogP contribution >= 0.6 is 15.9 Å². The fraction of sp³-hybridized carbons (Fsp3) is 0.308. The summed E-state index contributed by atoms with van der Waals surface area (Å²) in [4.78, 5) is 8.33. The fourth-order valence-corrected chi connectivity index (χ4v) is 1.92. The topological polar surface area (TPSA) is 67.1 Å². The molecule has 1 aromatic heterocycles. The first-order chi connectivity index (χ1) is 9.69. The minimum atomic E-state index is 0.580. The molecule has 0 atom stereocenters. The maximum atomic E-state index is 4.18. The summed E-state index contributed by atoms with van der Waals surface area (Å²) in [6.45, 7) is 1.29. The average Bonchev–Trinajstić information content (AvgIpc) is 2.86. The number of nitrogens with zero attached hydrogens (tertiary/aromatic N) is 4. The molecule has 0 saturated heterocycles. The number of benzene rings is 1. The van der Waals surface area contributed by atoms with E-state index in [1.165, 1.54) is 11.9 Å². The standard InChI is InChI=1S/C13H17BrN6/c1-15-13(17-8-12-18-9-19-20(12)2)16-7-10-3-5-11(14)6-4-10/h3-6,9H,7-8H2,1-2H3,(H2,15,16,17). The van der Waals surface area contributed by atoms with Crippen LogP contribution in [0.2, 0.25) is 0 Å². The second-order valence-electron chi connectivity index (χ2n) is 4.21. The lowest BCUT2D eigenvalue weighted by Crippen LogP contribution is -2.36. The number of guanidine groups is 1. The van der Waals surface area contributed by atoms with E-state index in [1.807, 2.05) is 19.2 Å². The molecular formula is C13H17BrN6. The molecule has 6 nitrogen and oxygen atoms in total. The Labute approximate surface area is 126 Å². The molecule has 0 unspecified atom stereocenters. The number of hydrogen-bond acceptors (Lipinski definition) is 3. The van der Waals surface area contributed by atoms with Crippen molar-refractivity contribution in [3.05, 3.63) is 46.5 Å². The first kappa shape index (κ1) is 14.5. The predicted octanol–water partition coefficient (Wildman–Crippen LogP) is 1.44. The van der Waals surface area contributed by atoms with Crippen molar-refractivity contribution >= 4 is 21.9 Å². The molecule has 0 radical (unpaired) electrons. The van der Waals surface area contributed by atoms with Crippen molar-refractivity contribution in [1.82, 2.24) is 25.4 Å². The molecule has 0 aliphatic carbocycles. The number of rotatable bonds is 4. The molecule has 0 aliphatic heterocycles. The van der Waals surface area contributed by atoms with Crippen LogP contribution in [0.3, 0.4) is 0 Å². The van der Waals surface area contributed by atoms with Gasteiger partial charge in [0.05, 0.1) is 6.54 Å². The van der Waals surface area contributed by atoms with Gasteiger partial charge in [0.2, 0.25) is 0 Å². The van der Waals surface area contributed by atoms with E-state index in [1.54, 1.807) is 11.7 Å². The molecule has 0 spiro atoms. The van der Waals surface area contributed by atoms with Gasteiger partial charge in [0, 0.05) is 25.1 Å². The summed E-state index contributed by atoms with van der Waals surface area (Å²) >= 11 is 3.42. The van der Waals surface area contributed by atoms with Crippen LogP contribution in [0.5, 0.6) is 0 Å². The molecule has 0 bridgehead atoms. The van der Waals surface area contributed by atoms with E-state index in [0.717, 1.165) is 16.3 Å². The number of halogens is 1. The van der Waals surface area contributed by atoms with Gasteiger partial charge in [-0.3, -0.25) is 9.67 Å². The lowest BCUT2D eigenvalue weighted by Gasteiger charge is -2.11. The highest BCUT2D eigenvalue weighted by atomic mass is 79.9. The van der Waals surface area contributed by atoms with Gasteiger partial charge < -0.3 is 10.6 Å². The Morgan fingerprint density at radius 1 is 1.25 bits per heavy atom. The minimum absolute atomic E-state index is 0.580. The third-order valence-electron chi connectivity index (χ3n) is 2.82. The molecular weight excluding hydrogens is 320 g/mol. The second-order valence-corrected chi connectivity index (χ2v) is 5.12.